The first-order chi connectivity index (χ1) is 10.6. The summed E-state index contributed by atoms with van der Waals surface area (Å²) in [6.45, 7) is 5.79. The van der Waals surface area contributed by atoms with Gasteiger partial charge in [0, 0.05) is 11.8 Å². The molecule has 120 valence electrons. The molecule has 0 aliphatic rings. The van der Waals surface area contributed by atoms with E-state index >= 15 is 0 Å². The van der Waals surface area contributed by atoms with Gasteiger partial charge in [-0.05, 0) is 20.3 Å². The number of carbonyl (C=O) groups excluding carboxylic acids is 1. The molecule has 2 aromatic heterocycles. The molecule has 0 spiro atoms. The zero-order chi connectivity index (χ0) is 15.9. The van der Waals surface area contributed by atoms with E-state index in [1.165, 1.54) is 35.9 Å². The van der Waals surface area contributed by atoms with Gasteiger partial charge in [0.25, 0.3) is 0 Å². The molecule has 0 aliphatic heterocycles. The fourth-order valence-corrected chi connectivity index (χ4v) is 4.78. The van der Waals surface area contributed by atoms with Crippen LogP contribution in [0.4, 0.5) is 5.88 Å². The molecule has 6 nitrogen and oxygen atoms in total. The summed E-state index contributed by atoms with van der Waals surface area (Å²) >= 11 is 4.64. The van der Waals surface area contributed by atoms with Crippen LogP contribution in [-0.2, 0) is 4.79 Å². The lowest BCUT2D eigenvalue weighted by atomic mass is 10.4. The van der Waals surface area contributed by atoms with Gasteiger partial charge in [-0.1, -0.05) is 53.4 Å². The molecule has 0 saturated heterocycles. The number of amides is 1. The van der Waals surface area contributed by atoms with Crippen LogP contribution >= 0.6 is 34.9 Å². The summed E-state index contributed by atoms with van der Waals surface area (Å²) in [5, 5.41) is 14.4. The second kappa shape index (κ2) is 8.54. The van der Waals surface area contributed by atoms with Crippen LogP contribution in [0.15, 0.2) is 19.3 Å². The summed E-state index contributed by atoms with van der Waals surface area (Å²) in [5.74, 6) is 1.27. The summed E-state index contributed by atoms with van der Waals surface area (Å²) in [5.41, 5.74) is 0.730. The standard InChI is InChI=1S/C13H18N4O2S3/c1-4-5-6-20-12-15-16-13(22-12)21-9(3)11(18)14-10-7-8(2)17-19-10/h7,9H,4-6H2,1-3H3,(H,14,18). The first-order valence-electron chi connectivity index (χ1n) is 6.95. The quantitative estimate of drug-likeness (QED) is 0.567. The fourth-order valence-electron chi connectivity index (χ4n) is 1.46. The summed E-state index contributed by atoms with van der Waals surface area (Å²) in [7, 11) is 0. The SMILES string of the molecule is CCCCSc1nnc(SC(C)C(=O)Nc2cc(C)no2)s1. The maximum absolute atomic E-state index is 12.1. The van der Waals surface area contributed by atoms with E-state index in [0.29, 0.717) is 5.88 Å². The molecule has 0 fully saturated rings. The van der Waals surface area contributed by atoms with Crippen molar-refractivity contribution in [1.29, 1.82) is 0 Å². The second-order valence-electron chi connectivity index (χ2n) is 4.62. The molecule has 1 unspecified atom stereocenters. The Kier molecular flexibility index (Phi) is 6.71. The van der Waals surface area contributed by atoms with Gasteiger partial charge in [0.15, 0.2) is 8.68 Å². The van der Waals surface area contributed by atoms with Crippen molar-refractivity contribution in [3.63, 3.8) is 0 Å². The number of rotatable bonds is 8. The summed E-state index contributed by atoms with van der Waals surface area (Å²) in [6.07, 6.45) is 2.34. The molecule has 0 aliphatic carbocycles. The van der Waals surface area contributed by atoms with E-state index in [4.69, 9.17) is 4.52 Å². The van der Waals surface area contributed by atoms with Crippen molar-refractivity contribution in [3.05, 3.63) is 11.8 Å². The maximum atomic E-state index is 12.1. The van der Waals surface area contributed by atoms with Gasteiger partial charge in [-0.2, -0.15) is 0 Å². The number of nitrogens with zero attached hydrogens (tertiary/aromatic N) is 3. The number of aryl methyl sites for hydroxylation is 1. The van der Waals surface area contributed by atoms with Gasteiger partial charge >= 0.3 is 0 Å². The van der Waals surface area contributed by atoms with Crippen LogP contribution in [0.3, 0.4) is 0 Å². The van der Waals surface area contributed by atoms with E-state index < -0.39 is 0 Å². The number of hydrogen-bond acceptors (Lipinski definition) is 8. The molecule has 1 atom stereocenters. The van der Waals surface area contributed by atoms with Crippen LogP contribution in [0.2, 0.25) is 0 Å². The van der Waals surface area contributed by atoms with Crippen molar-refractivity contribution >= 4 is 46.7 Å². The third kappa shape index (κ3) is 5.29. The smallest absolute Gasteiger partial charge is 0.240 e. The topological polar surface area (TPSA) is 80.9 Å². The third-order valence-corrected chi connectivity index (χ3v) is 5.96. The second-order valence-corrected chi connectivity index (χ2v) is 8.53. The van der Waals surface area contributed by atoms with Crippen LogP contribution in [0, 0.1) is 6.92 Å². The monoisotopic (exact) mass is 358 g/mol. The van der Waals surface area contributed by atoms with E-state index in [1.807, 2.05) is 6.92 Å². The van der Waals surface area contributed by atoms with Crippen molar-refractivity contribution in [2.24, 2.45) is 0 Å². The van der Waals surface area contributed by atoms with Gasteiger partial charge in [-0.3, -0.25) is 10.1 Å². The molecule has 2 rings (SSSR count). The minimum atomic E-state index is -0.285. The van der Waals surface area contributed by atoms with Gasteiger partial charge in [0.2, 0.25) is 11.8 Å². The largest absolute Gasteiger partial charge is 0.338 e. The Labute approximate surface area is 141 Å². The molecular weight excluding hydrogens is 340 g/mol. The van der Waals surface area contributed by atoms with E-state index in [9.17, 15) is 4.79 Å². The van der Waals surface area contributed by atoms with Gasteiger partial charge in [-0.15, -0.1) is 10.2 Å². The Morgan fingerprint density at radius 3 is 2.91 bits per heavy atom. The molecule has 2 aromatic rings. The summed E-state index contributed by atoms with van der Waals surface area (Å²) in [6, 6.07) is 1.68. The molecule has 0 bridgehead atoms. The van der Waals surface area contributed by atoms with Crippen LogP contribution < -0.4 is 5.32 Å². The number of carbonyl (C=O) groups is 1. The maximum Gasteiger partial charge on any atom is 0.240 e. The average Bonchev–Trinajstić information content (AvgIpc) is 3.08. The Balaban J connectivity index is 1.83. The van der Waals surface area contributed by atoms with E-state index in [2.05, 4.69) is 27.6 Å². The molecule has 22 heavy (non-hydrogen) atoms. The average molecular weight is 359 g/mol. The Morgan fingerprint density at radius 1 is 1.45 bits per heavy atom. The number of unbranched alkanes of at least 4 members (excludes halogenated alkanes) is 1. The molecule has 1 amide bonds. The van der Waals surface area contributed by atoms with Crippen molar-refractivity contribution in [2.75, 3.05) is 11.1 Å². The van der Waals surface area contributed by atoms with E-state index in [-0.39, 0.29) is 11.2 Å². The molecule has 9 heteroatoms. The molecular formula is C13H18N4O2S3. The van der Waals surface area contributed by atoms with Gasteiger partial charge in [-0.25, -0.2) is 0 Å². The van der Waals surface area contributed by atoms with Gasteiger partial charge < -0.3 is 4.52 Å². The van der Waals surface area contributed by atoms with Crippen molar-refractivity contribution < 1.29 is 9.32 Å². The highest BCUT2D eigenvalue weighted by atomic mass is 32.2. The Morgan fingerprint density at radius 2 is 2.23 bits per heavy atom. The number of nitrogens with one attached hydrogen (secondary N) is 1. The normalized spacial score (nSPS) is 12.3. The minimum absolute atomic E-state index is 0.142. The van der Waals surface area contributed by atoms with Gasteiger partial charge in [0.05, 0.1) is 10.9 Å². The number of thioether (sulfide) groups is 2. The highest BCUT2D eigenvalue weighted by molar-refractivity contribution is 8.03. The first-order valence-corrected chi connectivity index (χ1v) is 9.63. The lowest BCUT2D eigenvalue weighted by Crippen LogP contribution is -2.22. The van der Waals surface area contributed by atoms with Crippen LogP contribution in [0.25, 0.3) is 0 Å². The van der Waals surface area contributed by atoms with Crippen LogP contribution in [0.5, 0.6) is 0 Å². The minimum Gasteiger partial charge on any atom is -0.338 e. The van der Waals surface area contributed by atoms with Crippen molar-refractivity contribution in [3.8, 4) is 0 Å². The highest BCUT2D eigenvalue weighted by Gasteiger charge is 2.18. The number of anilines is 1. The zero-order valence-electron chi connectivity index (χ0n) is 12.7. The molecule has 0 aromatic carbocycles. The Bertz CT molecular complexity index is 614. The first kappa shape index (κ1) is 17.3. The molecule has 0 saturated carbocycles. The summed E-state index contributed by atoms with van der Waals surface area (Å²) < 4.78 is 6.73. The van der Waals surface area contributed by atoms with Crippen molar-refractivity contribution in [2.45, 2.75) is 47.5 Å². The zero-order valence-corrected chi connectivity index (χ0v) is 15.1. The lowest BCUT2D eigenvalue weighted by molar-refractivity contribution is -0.115. The number of aromatic nitrogens is 3. The predicted molar refractivity (Wildman–Crippen MR) is 90.7 cm³/mol. The molecule has 1 N–H and O–H groups in total. The van der Waals surface area contributed by atoms with E-state index in [1.54, 1.807) is 24.8 Å². The van der Waals surface area contributed by atoms with Crippen LogP contribution in [-0.4, -0.2) is 32.3 Å². The lowest BCUT2D eigenvalue weighted by Gasteiger charge is -2.07. The van der Waals surface area contributed by atoms with E-state index in [0.717, 1.165) is 20.1 Å². The van der Waals surface area contributed by atoms with Gasteiger partial charge in [0.1, 0.15) is 0 Å². The highest BCUT2D eigenvalue weighted by Crippen LogP contribution is 2.31. The third-order valence-electron chi connectivity index (χ3n) is 2.63. The molecule has 0 radical (unpaired) electrons. The Hall–Kier alpha value is -1.06. The fraction of sp³-hybridized carbons (Fsp3) is 0.538. The number of hydrogen-bond donors (Lipinski definition) is 1. The summed E-state index contributed by atoms with van der Waals surface area (Å²) in [4.78, 5) is 12.1. The van der Waals surface area contributed by atoms with Crippen molar-refractivity contribution in [1.82, 2.24) is 15.4 Å². The molecule has 2 heterocycles. The predicted octanol–water partition coefficient (Wildman–Crippen LogP) is 3.85. The van der Waals surface area contributed by atoms with Crippen LogP contribution in [0.1, 0.15) is 32.4 Å².